The second-order valence-corrected chi connectivity index (χ2v) is 6.09. The number of nitrogens with one attached hydrogen (secondary N) is 2. The Hall–Kier alpha value is -3.48. The van der Waals surface area contributed by atoms with Crippen LogP contribution < -0.4 is 15.4 Å². The van der Waals surface area contributed by atoms with Crippen molar-refractivity contribution in [3.05, 3.63) is 72.3 Å². The van der Waals surface area contributed by atoms with Crippen LogP contribution in [-0.4, -0.2) is 27.0 Å². The topological polar surface area (TPSA) is 89.0 Å². The van der Waals surface area contributed by atoms with Crippen molar-refractivity contribution in [2.45, 2.75) is 26.5 Å². The summed E-state index contributed by atoms with van der Waals surface area (Å²) in [6.45, 7) is 4.40. The lowest BCUT2D eigenvalue weighted by atomic mass is 10.3. The van der Waals surface area contributed by atoms with Gasteiger partial charge in [0, 0.05) is 18.1 Å². The van der Waals surface area contributed by atoms with Crippen LogP contribution in [0.25, 0.3) is 0 Å². The van der Waals surface area contributed by atoms with Gasteiger partial charge >= 0.3 is 0 Å². The van der Waals surface area contributed by atoms with Crippen molar-refractivity contribution in [1.29, 1.82) is 0 Å². The summed E-state index contributed by atoms with van der Waals surface area (Å²) < 4.78 is 5.59. The van der Waals surface area contributed by atoms with Gasteiger partial charge in [-0.05, 0) is 56.3 Å². The van der Waals surface area contributed by atoms with Gasteiger partial charge in [-0.25, -0.2) is 9.97 Å². The third kappa shape index (κ3) is 5.50. The molecule has 7 nitrogen and oxygen atoms in total. The summed E-state index contributed by atoms with van der Waals surface area (Å²) in [6, 6.07) is 14.4. The van der Waals surface area contributed by atoms with E-state index in [0.717, 1.165) is 11.4 Å². The first-order chi connectivity index (χ1) is 13.1. The monoisotopic (exact) mass is 363 g/mol. The zero-order valence-corrected chi connectivity index (χ0v) is 15.2. The predicted molar refractivity (Wildman–Crippen MR) is 104 cm³/mol. The number of rotatable bonds is 7. The maximum atomic E-state index is 12.4. The van der Waals surface area contributed by atoms with E-state index in [-0.39, 0.29) is 17.7 Å². The number of hydrogen-bond acceptors (Lipinski definition) is 6. The number of carbonyl (C=O) groups is 1. The largest absolute Gasteiger partial charge is 0.491 e. The van der Waals surface area contributed by atoms with Gasteiger partial charge in [-0.1, -0.05) is 6.07 Å². The second kappa shape index (κ2) is 8.75. The second-order valence-electron chi connectivity index (χ2n) is 6.09. The molecular formula is C20H21N5O2. The van der Waals surface area contributed by atoms with Crippen molar-refractivity contribution in [3.8, 4) is 5.75 Å². The Balaban J connectivity index is 1.61. The molecule has 0 fully saturated rings. The first-order valence-corrected chi connectivity index (χ1v) is 8.65. The van der Waals surface area contributed by atoms with E-state index in [1.165, 1.54) is 0 Å². The number of pyridine rings is 1. The molecule has 0 bridgehead atoms. The summed E-state index contributed by atoms with van der Waals surface area (Å²) in [7, 11) is 0. The lowest BCUT2D eigenvalue weighted by Crippen LogP contribution is -2.15. The first-order valence-electron chi connectivity index (χ1n) is 8.65. The van der Waals surface area contributed by atoms with Gasteiger partial charge in [0.2, 0.25) is 5.95 Å². The number of amides is 1. The SMILES string of the molecule is CC(C)Oc1ccc(NC(=O)c2ccnc(NCc3ccccn3)n2)cc1. The van der Waals surface area contributed by atoms with E-state index < -0.39 is 0 Å². The molecule has 0 saturated heterocycles. The van der Waals surface area contributed by atoms with Crippen molar-refractivity contribution >= 4 is 17.5 Å². The standard InChI is InChI=1S/C20H21N5O2/c1-14(2)27-17-8-6-15(7-9-17)24-19(26)18-10-12-22-20(25-18)23-13-16-5-3-4-11-21-16/h3-12,14H,13H2,1-2H3,(H,24,26)(H,22,23,25). The Morgan fingerprint density at radius 2 is 1.85 bits per heavy atom. The first kappa shape index (κ1) is 18.3. The summed E-state index contributed by atoms with van der Waals surface area (Å²) in [5.74, 6) is 0.816. The molecular weight excluding hydrogens is 342 g/mol. The van der Waals surface area contributed by atoms with Crippen LogP contribution in [0.4, 0.5) is 11.6 Å². The predicted octanol–water partition coefficient (Wildman–Crippen LogP) is 3.52. The molecule has 0 radical (unpaired) electrons. The molecule has 138 valence electrons. The highest BCUT2D eigenvalue weighted by atomic mass is 16.5. The van der Waals surface area contributed by atoms with E-state index in [9.17, 15) is 4.79 Å². The molecule has 7 heteroatoms. The fourth-order valence-corrected chi connectivity index (χ4v) is 2.33. The molecule has 2 N–H and O–H groups in total. The number of hydrogen-bond donors (Lipinski definition) is 2. The average molecular weight is 363 g/mol. The minimum absolute atomic E-state index is 0.100. The summed E-state index contributed by atoms with van der Waals surface area (Å²) >= 11 is 0. The third-order valence-corrected chi connectivity index (χ3v) is 3.53. The van der Waals surface area contributed by atoms with E-state index in [1.807, 2.05) is 44.2 Å². The van der Waals surface area contributed by atoms with Crippen molar-refractivity contribution in [1.82, 2.24) is 15.0 Å². The molecule has 0 aliphatic heterocycles. The van der Waals surface area contributed by atoms with Gasteiger partial charge in [-0.15, -0.1) is 0 Å². The van der Waals surface area contributed by atoms with Crippen LogP contribution >= 0.6 is 0 Å². The molecule has 0 atom stereocenters. The zero-order chi connectivity index (χ0) is 19.1. The van der Waals surface area contributed by atoms with Gasteiger partial charge in [0.25, 0.3) is 5.91 Å². The van der Waals surface area contributed by atoms with Crippen LogP contribution in [0, 0.1) is 0 Å². The molecule has 27 heavy (non-hydrogen) atoms. The van der Waals surface area contributed by atoms with Crippen molar-refractivity contribution in [3.63, 3.8) is 0 Å². The highest BCUT2D eigenvalue weighted by Crippen LogP contribution is 2.17. The van der Waals surface area contributed by atoms with Crippen molar-refractivity contribution < 1.29 is 9.53 Å². The fourth-order valence-electron chi connectivity index (χ4n) is 2.33. The lowest BCUT2D eigenvalue weighted by Gasteiger charge is -2.11. The van der Waals surface area contributed by atoms with Gasteiger partial charge in [0.1, 0.15) is 11.4 Å². The molecule has 0 aliphatic rings. The zero-order valence-electron chi connectivity index (χ0n) is 15.2. The maximum absolute atomic E-state index is 12.4. The summed E-state index contributed by atoms with van der Waals surface area (Å²) in [6.07, 6.45) is 3.37. The van der Waals surface area contributed by atoms with E-state index in [1.54, 1.807) is 30.6 Å². The quantitative estimate of drug-likeness (QED) is 0.668. The van der Waals surface area contributed by atoms with Crippen LogP contribution in [0.3, 0.4) is 0 Å². The number of aromatic nitrogens is 3. The Labute approximate surface area is 157 Å². The Morgan fingerprint density at radius 3 is 2.56 bits per heavy atom. The maximum Gasteiger partial charge on any atom is 0.274 e. The number of benzene rings is 1. The lowest BCUT2D eigenvalue weighted by molar-refractivity contribution is 0.102. The molecule has 2 heterocycles. The molecule has 0 saturated carbocycles. The Kier molecular flexibility index (Phi) is 5.94. The number of nitrogens with zero attached hydrogens (tertiary/aromatic N) is 3. The summed E-state index contributed by atoms with van der Waals surface area (Å²) in [4.78, 5) is 25.0. The molecule has 3 rings (SSSR count). The van der Waals surface area contributed by atoms with Crippen molar-refractivity contribution in [2.75, 3.05) is 10.6 Å². The smallest absolute Gasteiger partial charge is 0.274 e. The van der Waals surface area contributed by atoms with Gasteiger partial charge in [-0.2, -0.15) is 0 Å². The van der Waals surface area contributed by atoms with Crippen LogP contribution in [0.1, 0.15) is 30.0 Å². The highest BCUT2D eigenvalue weighted by molar-refractivity contribution is 6.02. The normalized spacial score (nSPS) is 10.5. The Morgan fingerprint density at radius 1 is 1.04 bits per heavy atom. The summed E-state index contributed by atoms with van der Waals surface area (Å²) in [5.41, 5.74) is 1.80. The fraction of sp³-hybridized carbons (Fsp3) is 0.200. The number of carbonyl (C=O) groups excluding carboxylic acids is 1. The van der Waals surface area contributed by atoms with Crippen LogP contribution in [0.2, 0.25) is 0 Å². The molecule has 1 aromatic carbocycles. The average Bonchev–Trinajstić information content (AvgIpc) is 2.68. The van der Waals surface area contributed by atoms with Crippen LogP contribution in [0.15, 0.2) is 60.9 Å². The number of ether oxygens (including phenoxy) is 1. The minimum atomic E-state index is -0.309. The summed E-state index contributed by atoms with van der Waals surface area (Å²) in [5, 5.41) is 5.88. The van der Waals surface area contributed by atoms with Crippen molar-refractivity contribution in [2.24, 2.45) is 0 Å². The molecule has 0 aliphatic carbocycles. The molecule has 2 aromatic heterocycles. The van der Waals surface area contributed by atoms with Gasteiger partial charge in [0.05, 0.1) is 18.3 Å². The molecule has 1 amide bonds. The van der Waals surface area contributed by atoms with E-state index >= 15 is 0 Å². The molecule has 0 unspecified atom stereocenters. The molecule has 3 aromatic rings. The van der Waals surface area contributed by atoms with E-state index in [4.69, 9.17) is 4.74 Å². The van der Waals surface area contributed by atoms with E-state index in [2.05, 4.69) is 25.6 Å². The van der Waals surface area contributed by atoms with Crippen LogP contribution in [0.5, 0.6) is 5.75 Å². The van der Waals surface area contributed by atoms with Gasteiger partial charge in [-0.3, -0.25) is 9.78 Å². The third-order valence-electron chi connectivity index (χ3n) is 3.53. The van der Waals surface area contributed by atoms with Gasteiger partial charge in [0.15, 0.2) is 0 Å². The van der Waals surface area contributed by atoms with E-state index in [0.29, 0.717) is 18.2 Å². The molecule has 0 spiro atoms. The number of anilines is 2. The minimum Gasteiger partial charge on any atom is -0.491 e. The van der Waals surface area contributed by atoms with Crippen LogP contribution in [-0.2, 0) is 6.54 Å². The Bertz CT molecular complexity index is 882. The van der Waals surface area contributed by atoms with Gasteiger partial charge < -0.3 is 15.4 Å². The highest BCUT2D eigenvalue weighted by Gasteiger charge is 2.10.